The number of benzene rings is 1. The van der Waals surface area contributed by atoms with Gasteiger partial charge < -0.3 is 14.4 Å². The summed E-state index contributed by atoms with van der Waals surface area (Å²) in [5.74, 6) is -0.406. The lowest BCUT2D eigenvalue weighted by Gasteiger charge is -2.17. The first-order valence-corrected chi connectivity index (χ1v) is 7.30. The molecule has 0 aliphatic heterocycles. The van der Waals surface area contributed by atoms with Crippen molar-refractivity contribution >= 4 is 12.1 Å². The second-order valence-electron chi connectivity index (χ2n) is 4.47. The van der Waals surface area contributed by atoms with Crippen LogP contribution in [0.25, 0.3) is 0 Å². The van der Waals surface area contributed by atoms with Crippen LogP contribution in [0, 0.1) is 0 Å². The van der Waals surface area contributed by atoms with Crippen LogP contribution >= 0.6 is 0 Å². The molecule has 0 N–H and O–H groups in total. The molecule has 5 nitrogen and oxygen atoms in total. The van der Waals surface area contributed by atoms with E-state index in [2.05, 4.69) is 6.92 Å². The molecule has 1 aromatic carbocycles. The molecule has 0 fully saturated rings. The lowest BCUT2D eigenvalue weighted by atomic mass is 10.1. The zero-order valence-corrected chi connectivity index (χ0v) is 12.9. The van der Waals surface area contributed by atoms with E-state index in [4.69, 9.17) is 9.47 Å². The Bertz CT molecular complexity index is 452. The molecular weight excluding hydrogens is 270 g/mol. The van der Waals surface area contributed by atoms with Gasteiger partial charge in [0.15, 0.2) is 0 Å². The maximum Gasteiger partial charge on any atom is 0.409 e. The van der Waals surface area contributed by atoms with E-state index in [9.17, 15) is 9.59 Å². The highest BCUT2D eigenvalue weighted by atomic mass is 16.6. The van der Waals surface area contributed by atoms with Crippen LogP contribution in [0.5, 0.6) is 0 Å². The Morgan fingerprint density at radius 1 is 0.952 bits per heavy atom. The molecule has 0 atom stereocenters. The topological polar surface area (TPSA) is 55.8 Å². The van der Waals surface area contributed by atoms with Crippen LogP contribution in [0.1, 0.15) is 36.7 Å². The minimum Gasteiger partial charge on any atom is -0.458 e. The van der Waals surface area contributed by atoms with Crippen molar-refractivity contribution in [1.29, 1.82) is 0 Å². The Morgan fingerprint density at radius 2 is 1.52 bits per heavy atom. The van der Waals surface area contributed by atoms with Crippen molar-refractivity contribution < 1.29 is 19.1 Å². The molecule has 0 radical (unpaired) electrons. The molecule has 1 aromatic rings. The second kappa shape index (κ2) is 9.00. The third-order valence-electron chi connectivity index (χ3n) is 3.16. The van der Waals surface area contributed by atoms with Crippen molar-refractivity contribution in [1.82, 2.24) is 4.90 Å². The highest BCUT2D eigenvalue weighted by molar-refractivity contribution is 5.89. The third kappa shape index (κ3) is 5.45. The molecule has 1 rings (SSSR count). The summed E-state index contributed by atoms with van der Waals surface area (Å²) in [6.07, 6.45) is 0.541. The van der Waals surface area contributed by atoms with Crippen LogP contribution in [0.2, 0.25) is 0 Å². The fraction of sp³-hybridized carbons (Fsp3) is 0.500. The van der Waals surface area contributed by atoms with Gasteiger partial charge in [-0.25, -0.2) is 9.59 Å². The fourth-order valence-corrected chi connectivity index (χ4v) is 1.80. The number of carbonyl (C=O) groups excluding carboxylic acids is 2. The van der Waals surface area contributed by atoms with Crippen molar-refractivity contribution in [2.45, 2.75) is 27.2 Å². The molecule has 21 heavy (non-hydrogen) atoms. The summed E-state index contributed by atoms with van der Waals surface area (Å²) in [6, 6.07) is 7.28. The summed E-state index contributed by atoms with van der Waals surface area (Å²) in [5.41, 5.74) is 1.67. The first-order valence-electron chi connectivity index (χ1n) is 7.30. The van der Waals surface area contributed by atoms with E-state index in [1.807, 2.05) is 26.0 Å². The number of hydrogen-bond donors (Lipinski definition) is 0. The van der Waals surface area contributed by atoms with E-state index in [-0.39, 0.29) is 19.3 Å². The maximum absolute atomic E-state index is 11.8. The average Bonchev–Trinajstić information content (AvgIpc) is 2.52. The third-order valence-corrected chi connectivity index (χ3v) is 3.16. The lowest BCUT2D eigenvalue weighted by molar-refractivity contribution is 0.0360. The molecule has 0 aromatic heterocycles. The molecule has 0 aliphatic rings. The normalized spacial score (nSPS) is 10.0. The van der Waals surface area contributed by atoms with Crippen LogP contribution in [0.3, 0.4) is 0 Å². The van der Waals surface area contributed by atoms with Crippen molar-refractivity contribution in [3.63, 3.8) is 0 Å². The first-order chi connectivity index (χ1) is 10.1. The van der Waals surface area contributed by atoms with Crippen molar-refractivity contribution in [3.05, 3.63) is 35.4 Å². The molecule has 0 unspecified atom stereocenters. The lowest BCUT2D eigenvalue weighted by Crippen LogP contribution is -2.32. The van der Waals surface area contributed by atoms with Gasteiger partial charge in [-0.3, -0.25) is 0 Å². The van der Waals surface area contributed by atoms with Crippen molar-refractivity contribution in [3.8, 4) is 0 Å². The van der Waals surface area contributed by atoms with Crippen molar-refractivity contribution in [2.75, 3.05) is 26.3 Å². The number of nitrogens with zero attached hydrogens (tertiary/aromatic N) is 1. The molecule has 5 heteroatoms. The predicted octanol–water partition coefficient (Wildman–Crippen LogP) is 2.88. The Kier molecular flexibility index (Phi) is 7.29. The smallest absolute Gasteiger partial charge is 0.409 e. The molecule has 0 aliphatic carbocycles. The van der Waals surface area contributed by atoms with Crippen LogP contribution in [0.15, 0.2) is 24.3 Å². The fourth-order valence-electron chi connectivity index (χ4n) is 1.80. The number of esters is 1. The van der Waals surface area contributed by atoms with E-state index in [0.29, 0.717) is 18.7 Å². The zero-order valence-electron chi connectivity index (χ0n) is 12.9. The number of hydrogen-bond acceptors (Lipinski definition) is 4. The van der Waals surface area contributed by atoms with E-state index in [1.165, 1.54) is 5.56 Å². The Balaban J connectivity index is 2.31. The maximum atomic E-state index is 11.8. The predicted molar refractivity (Wildman–Crippen MR) is 80.4 cm³/mol. The summed E-state index contributed by atoms with van der Waals surface area (Å²) in [6.45, 7) is 7.13. The van der Waals surface area contributed by atoms with Gasteiger partial charge in [-0.2, -0.15) is 0 Å². The quantitative estimate of drug-likeness (QED) is 0.573. The zero-order chi connectivity index (χ0) is 15.7. The van der Waals surface area contributed by atoms with E-state index < -0.39 is 5.97 Å². The summed E-state index contributed by atoms with van der Waals surface area (Å²) < 4.78 is 10.1. The number of rotatable bonds is 7. The molecular formula is C16H23NO4. The van der Waals surface area contributed by atoms with Crippen LogP contribution in [-0.2, 0) is 15.9 Å². The molecule has 0 saturated carbocycles. The van der Waals surface area contributed by atoms with Gasteiger partial charge in [-0.1, -0.05) is 19.1 Å². The molecule has 116 valence electrons. The van der Waals surface area contributed by atoms with Gasteiger partial charge in [0.05, 0.1) is 5.56 Å². The van der Waals surface area contributed by atoms with Gasteiger partial charge in [0.1, 0.15) is 13.2 Å². The second-order valence-corrected chi connectivity index (χ2v) is 4.47. The van der Waals surface area contributed by atoms with Crippen LogP contribution < -0.4 is 0 Å². The summed E-state index contributed by atoms with van der Waals surface area (Å²) >= 11 is 0. The Labute approximate surface area is 125 Å². The number of ether oxygens (including phenoxy) is 2. The summed E-state index contributed by atoms with van der Waals surface area (Å²) in [5, 5.41) is 0. The molecule has 0 heterocycles. The SMILES string of the molecule is CCc1ccc(C(=O)OCCOC(=O)N(CC)CC)cc1. The first kappa shape index (κ1) is 17.0. The van der Waals surface area contributed by atoms with Crippen molar-refractivity contribution in [2.24, 2.45) is 0 Å². The summed E-state index contributed by atoms with van der Waals surface area (Å²) in [4.78, 5) is 24.9. The van der Waals surface area contributed by atoms with E-state index in [1.54, 1.807) is 17.0 Å². The van der Waals surface area contributed by atoms with E-state index in [0.717, 1.165) is 6.42 Å². The van der Waals surface area contributed by atoms with Gasteiger partial charge in [0.25, 0.3) is 0 Å². The average molecular weight is 293 g/mol. The standard InChI is InChI=1S/C16H23NO4/c1-4-13-7-9-14(10-8-13)15(18)20-11-12-21-16(19)17(5-2)6-3/h7-10H,4-6,11-12H2,1-3H3. The van der Waals surface area contributed by atoms with Gasteiger partial charge in [0.2, 0.25) is 0 Å². The summed E-state index contributed by atoms with van der Waals surface area (Å²) in [7, 11) is 0. The minimum absolute atomic E-state index is 0.0569. The molecule has 0 spiro atoms. The molecule has 0 saturated heterocycles. The van der Waals surface area contributed by atoms with Gasteiger partial charge in [-0.15, -0.1) is 0 Å². The van der Waals surface area contributed by atoms with Gasteiger partial charge >= 0.3 is 12.1 Å². The monoisotopic (exact) mass is 293 g/mol. The Hall–Kier alpha value is -2.04. The van der Waals surface area contributed by atoms with Gasteiger partial charge in [0, 0.05) is 13.1 Å². The molecule has 1 amide bonds. The van der Waals surface area contributed by atoms with E-state index >= 15 is 0 Å². The number of amides is 1. The van der Waals surface area contributed by atoms with Crippen LogP contribution in [-0.4, -0.2) is 43.3 Å². The van der Waals surface area contributed by atoms with Crippen LogP contribution in [0.4, 0.5) is 4.79 Å². The highest BCUT2D eigenvalue weighted by Gasteiger charge is 2.11. The number of carbonyl (C=O) groups is 2. The molecule has 0 bridgehead atoms. The largest absolute Gasteiger partial charge is 0.458 e. The highest BCUT2D eigenvalue weighted by Crippen LogP contribution is 2.06. The van der Waals surface area contributed by atoms with Gasteiger partial charge in [-0.05, 0) is 38.0 Å². The number of aryl methyl sites for hydroxylation is 1. The Morgan fingerprint density at radius 3 is 2.05 bits per heavy atom. The minimum atomic E-state index is -0.406.